The second-order valence-electron chi connectivity index (χ2n) is 14.9. The lowest BCUT2D eigenvalue weighted by Crippen LogP contribution is -2.37. The topological polar surface area (TPSA) is 129 Å². The van der Waals surface area contributed by atoms with Crippen LogP contribution in [0, 0.1) is 0 Å². The molecular weight excluding hydrogens is 741 g/mol. The van der Waals surface area contributed by atoms with Crippen molar-refractivity contribution >= 4 is 19.8 Å². The third kappa shape index (κ3) is 42.3. The lowest BCUT2D eigenvalue weighted by atomic mass is 10.1. The zero-order valence-electron chi connectivity index (χ0n) is 35.9. The third-order valence-corrected chi connectivity index (χ3v) is 9.10. The average molecular weight is 819 g/mol. The monoisotopic (exact) mass is 819 g/mol. The van der Waals surface area contributed by atoms with Gasteiger partial charge in [0.05, 0.1) is 33.9 Å². The number of aliphatic hydroxyl groups excluding tert-OH is 1. The van der Waals surface area contributed by atoms with Gasteiger partial charge in [0.2, 0.25) is 0 Å². The molecule has 0 rings (SSSR count). The molecule has 10 nitrogen and oxygen atoms in total. The van der Waals surface area contributed by atoms with Gasteiger partial charge in [0.25, 0.3) is 0 Å². The van der Waals surface area contributed by atoms with Crippen LogP contribution < -0.4 is 0 Å². The molecule has 0 aromatic rings. The normalized spacial score (nSPS) is 15.1. The summed E-state index contributed by atoms with van der Waals surface area (Å²) in [5, 5.41) is 9.27. The molecule has 3 atom stereocenters. The first-order valence-corrected chi connectivity index (χ1v) is 22.5. The zero-order chi connectivity index (χ0) is 42.3. The maximum atomic E-state index is 12.7. The Balaban J connectivity index is 4.58. The van der Waals surface area contributed by atoms with Crippen molar-refractivity contribution in [1.82, 2.24) is 0 Å². The van der Waals surface area contributed by atoms with E-state index >= 15 is 0 Å². The van der Waals surface area contributed by atoms with Gasteiger partial charge in [-0.15, -0.1) is 0 Å². The predicted octanol–water partition coefficient (Wildman–Crippen LogP) is 10.8. The van der Waals surface area contributed by atoms with Crippen LogP contribution >= 0.6 is 7.82 Å². The van der Waals surface area contributed by atoms with Crippen LogP contribution in [0.4, 0.5) is 0 Å². The minimum Gasteiger partial charge on any atom is -0.462 e. The molecule has 0 heterocycles. The molecule has 57 heavy (non-hydrogen) atoms. The van der Waals surface area contributed by atoms with Gasteiger partial charge in [-0.2, -0.15) is 0 Å². The molecular formula is C46H77NO9P+. The standard InChI is InChI=1S/C46H76NO9P/c1-6-7-8-9-10-11-12-13-15-19-22-25-28-31-34-37-45(49)53-41-44(42-55-57(51,52)54-40-39-47(3,4)5)56-46(50)38-35-32-29-26-23-20-17-14-16-18-21-24-27-30-33-36-43(2)48/h7-8,10-11,13,15-18,20,22,24-27,29,43-44,48H,6,9,12,14,19,21,23,28,30-42H2,1-5H3/p+1/b8-7-,11-10-,15-13-,18-16-,20-17-,25-22-,27-24-,29-26-/t43-,44+/m0/s1. The second-order valence-corrected chi connectivity index (χ2v) is 16.4. The Hall–Kier alpha value is -3.11. The van der Waals surface area contributed by atoms with Crippen LogP contribution in [-0.2, 0) is 32.7 Å². The highest BCUT2D eigenvalue weighted by atomic mass is 31.2. The Morgan fingerprint density at radius 3 is 1.56 bits per heavy atom. The Kier molecular flexibility index (Phi) is 35.2. The van der Waals surface area contributed by atoms with Crippen molar-refractivity contribution in [3.05, 3.63) is 97.2 Å². The van der Waals surface area contributed by atoms with E-state index in [1.165, 1.54) is 0 Å². The van der Waals surface area contributed by atoms with E-state index in [9.17, 15) is 24.2 Å². The highest BCUT2D eigenvalue weighted by Gasteiger charge is 2.27. The number of carbonyl (C=O) groups is 2. The van der Waals surface area contributed by atoms with Crippen molar-refractivity contribution in [2.24, 2.45) is 0 Å². The lowest BCUT2D eigenvalue weighted by Gasteiger charge is -2.24. The number of esters is 2. The second kappa shape index (κ2) is 37.2. The quantitative estimate of drug-likeness (QED) is 0.0209. The molecule has 0 fully saturated rings. The first-order valence-electron chi connectivity index (χ1n) is 21.0. The van der Waals surface area contributed by atoms with Crippen LogP contribution in [0.1, 0.15) is 123 Å². The van der Waals surface area contributed by atoms with Gasteiger partial charge >= 0.3 is 19.8 Å². The van der Waals surface area contributed by atoms with E-state index in [4.69, 9.17) is 18.5 Å². The zero-order valence-corrected chi connectivity index (χ0v) is 36.8. The minimum atomic E-state index is -4.41. The number of hydrogen-bond donors (Lipinski definition) is 2. The summed E-state index contributed by atoms with van der Waals surface area (Å²) in [5.41, 5.74) is 0. The fourth-order valence-electron chi connectivity index (χ4n) is 4.84. The summed E-state index contributed by atoms with van der Waals surface area (Å²) in [5.74, 6) is -0.943. The van der Waals surface area contributed by atoms with E-state index in [1.807, 2.05) is 34.1 Å². The number of phosphoric acid groups is 1. The summed E-state index contributed by atoms with van der Waals surface area (Å²) in [7, 11) is 1.38. The summed E-state index contributed by atoms with van der Waals surface area (Å²) < 4.78 is 34.1. The molecule has 0 aromatic carbocycles. The molecule has 0 saturated heterocycles. The first kappa shape index (κ1) is 53.9. The molecule has 0 aliphatic carbocycles. The number of likely N-dealkylation sites (N-methyl/N-ethyl adjacent to an activating group) is 1. The van der Waals surface area contributed by atoms with Crippen molar-refractivity contribution in [1.29, 1.82) is 0 Å². The number of hydrogen-bond acceptors (Lipinski definition) is 8. The van der Waals surface area contributed by atoms with Gasteiger partial charge in [0, 0.05) is 12.8 Å². The third-order valence-electron chi connectivity index (χ3n) is 8.12. The molecule has 11 heteroatoms. The fourth-order valence-corrected chi connectivity index (χ4v) is 5.58. The molecule has 0 amide bonds. The van der Waals surface area contributed by atoms with Crippen molar-refractivity contribution in [2.75, 3.05) is 47.5 Å². The average Bonchev–Trinajstić information content (AvgIpc) is 3.14. The lowest BCUT2D eigenvalue weighted by molar-refractivity contribution is -0.870. The predicted molar refractivity (Wildman–Crippen MR) is 234 cm³/mol. The summed E-state index contributed by atoms with van der Waals surface area (Å²) in [6, 6.07) is 0. The van der Waals surface area contributed by atoms with Gasteiger partial charge in [-0.1, -0.05) is 104 Å². The first-order chi connectivity index (χ1) is 27.3. The number of unbranched alkanes of at least 4 members (excludes halogenated alkanes) is 4. The van der Waals surface area contributed by atoms with Gasteiger partial charge in [0.1, 0.15) is 19.8 Å². The number of allylic oxidation sites excluding steroid dienone is 16. The molecule has 0 spiro atoms. The number of rotatable bonds is 36. The molecule has 0 aliphatic rings. The Bertz CT molecular complexity index is 1300. The molecule has 0 radical (unpaired) electrons. The Labute approximate surface area is 346 Å². The van der Waals surface area contributed by atoms with Gasteiger partial charge in [-0.05, 0) is 103 Å². The van der Waals surface area contributed by atoms with Crippen LogP contribution in [0.5, 0.6) is 0 Å². The highest BCUT2D eigenvalue weighted by Crippen LogP contribution is 2.43. The number of ether oxygens (including phenoxy) is 2. The number of aliphatic hydroxyl groups is 1. The Morgan fingerprint density at radius 1 is 0.614 bits per heavy atom. The fraction of sp³-hybridized carbons (Fsp3) is 0.609. The molecule has 0 saturated carbocycles. The van der Waals surface area contributed by atoms with E-state index in [0.29, 0.717) is 30.3 Å². The molecule has 324 valence electrons. The van der Waals surface area contributed by atoms with Gasteiger partial charge in [-0.3, -0.25) is 18.6 Å². The van der Waals surface area contributed by atoms with Crippen molar-refractivity contribution in [3.63, 3.8) is 0 Å². The number of quaternary nitrogens is 1. The number of nitrogens with zero attached hydrogens (tertiary/aromatic N) is 1. The molecule has 2 N–H and O–H groups in total. The van der Waals surface area contributed by atoms with Gasteiger partial charge in [-0.25, -0.2) is 4.57 Å². The van der Waals surface area contributed by atoms with Crippen molar-refractivity contribution in [3.8, 4) is 0 Å². The Morgan fingerprint density at radius 2 is 1.07 bits per heavy atom. The van der Waals surface area contributed by atoms with Gasteiger partial charge in [0.15, 0.2) is 6.10 Å². The van der Waals surface area contributed by atoms with Crippen LogP contribution in [0.3, 0.4) is 0 Å². The summed E-state index contributed by atoms with van der Waals surface area (Å²) in [6.45, 7) is 3.70. The SMILES string of the molecule is CC/C=C\C/C=C\C/C=C\C/C=C\CCCCC(=O)OC[C@H](COP(=O)(O)OCC[N+](C)(C)C)OC(=O)CCC/C=C\C/C=C\C/C=C\C/C=C\CCC[C@H](C)O. The van der Waals surface area contributed by atoms with Crippen molar-refractivity contribution < 1.29 is 47.2 Å². The number of phosphoric ester groups is 1. The minimum absolute atomic E-state index is 0.00311. The van der Waals surface area contributed by atoms with Crippen molar-refractivity contribution in [2.45, 2.75) is 135 Å². The molecule has 0 aromatic heterocycles. The van der Waals surface area contributed by atoms with E-state index in [0.717, 1.165) is 77.0 Å². The summed E-state index contributed by atoms with van der Waals surface area (Å²) in [4.78, 5) is 35.3. The van der Waals surface area contributed by atoms with E-state index in [-0.39, 0.29) is 32.2 Å². The highest BCUT2D eigenvalue weighted by molar-refractivity contribution is 7.47. The van der Waals surface area contributed by atoms with Crippen LogP contribution in [-0.4, -0.2) is 86.1 Å². The van der Waals surface area contributed by atoms with E-state index in [1.54, 1.807) is 0 Å². The molecule has 0 bridgehead atoms. The largest absolute Gasteiger partial charge is 0.472 e. The van der Waals surface area contributed by atoms with E-state index < -0.39 is 32.5 Å². The summed E-state index contributed by atoms with van der Waals surface area (Å²) in [6.07, 6.45) is 46.0. The summed E-state index contributed by atoms with van der Waals surface area (Å²) >= 11 is 0. The van der Waals surface area contributed by atoms with Crippen LogP contribution in [0.2, 0.25) is 0 Å². The van der Waals surface area contributed by atoms with Crippen LogP contribution in [0.15, 0.2) is 97.2 Å². The molecule has 0 aliphatic heterocycles. The van der Waals surface area contributed by atoms with Crippen LogP contribution in [0.25, 0.3) is 0 Å². The molecule has 1 unspecified atom stereocenters. The van der Waals surface area contributed by atoms with E-state index in [2.05, 4.69) is 98.1 Å². The van der Waals surface area contributed by atoms with Gasteiger partial charge < -0.3 is 24.0 Å². The number of carbonyl (C=O) groups excluding carboxylic acids is 2. The smallest absolute Gasteiger partial charge is 0.462 e. The maximum Gasteiger partial charge on any atom is 0.472 e. The maximum absolute atomic E-state index is 12.7.